The fraction of sp³-hybridized carbons (Fsp3) is 0.227. The molecule has 1 fully saturated rings. The summed E-state index contributed by atoms with van der Waals surface area (Å²) in [5.41, 5.74) is 8.23. The van der Waals surface area contributed by atoms with E-state index in [9.17, 15) is 9.90 Å². The van der Waals surface area contributed by atoms with Crippen LogP contribution in [0.3, 0.4) is 0 Å². The molecule has 3 aromatic heterocycles. The molecule has 3 N–H and O–H groups in total. The van der Waals surface area contributed by atoms with Crippen molar-refractivity contribution < 1.29 is 14.6 Å². The molecule has 168 valence electrons. The van der Waals surface area contributed by atoms with Crippen LogP contribution in [0.2, 0.25) is 5.02 Å². The van der Waals surface area contributed by atoms with Crippen molar-refractivity contribution in [3.8, 4) is 22.9 Å². The summed E-state index contributed by atoms with van der Waals surface area (Å²) in [5.74, 6) is 1.35. The number of anilines is 1. The SMILES string of the molecule is Nc1ncnc2c1c(-c1ccc(Oc3ccc(Cl)cn3)cc1)nn2[C@@H]1CCCN(C(=O)O)C1. The predicted octanol–water partition coefficient (Wildman–Crippen LogP) is 4.23. The highest BCUT2D eigenvalue weighted by atomic mass is 35.5. The number of likely N-dealkylation sites (tertiary alicyclic amines) is 1. The Labute approximate surface area is 193 Å². The first-order valence-corrected chi connectivity index (χ1v) is 10.7. The van der Waals surface area contributed by atoms with Gasteiger partial charge in [0.2, 0.25) is 5.88 Å². The second-order valence-electron chi connectivity index (χ2n) is 7.72. The number of carboxylic acid groups (broad SMARTS) is 1. The zero-order chi connectivity index (χ0) is 22.9. The fourth-order valence-corrected chi connectivity index (χ4v) is 4.12. The number of aromatic nitrogens is 5. The standard InChI is InChI=1S/C22H20ClN7O3/c23-14-5-8-17(25-10-14)33-16-6-3-13(4-7-16)19-18-20(24)26-12-27-21(18)30(28-19)15-2-1-9-29(11-15)22(31)32/h3-8,10,12,15H,1-2,9,11H2,(H,31,32)(H2,24,26,27)/t15-/m1/s1. The number of rotatable bonds is 4. The number of halogens is 1. The number of carbonyl (C=O) groups is 1. The van der Waals surface area contributed by atoms with Gasteiger partial charge in [-0.3, -0.25) is 0 Å². The largest absolute Gasteiger partial charge is 0.465 e. The van der Waals surface area contributed by atoms with Gasteiger partial charge in [-0.2, -0.15) is 5.10 Å². The zero-order valence-corrected chi connectivity index (χ0v) is 18.2. The molecule has 0 unspecified atom stereocenters. The third-order valence-electron chi connectivity index (χ3n) is 5.58. The molecular weight excluding hydrogens is 446 g/mol. The summed E-state index contributed by atoms with van der Waals surface area (Å²) >= 11 is 5.87. The van der Waals surface area contributed by atoms with E-state index in [0.29, 0.717) is 52.3 Å². The average Bonchev–Trinajstić information content (AvgIpc) is 3.22. The van der Waals surface area contributed by atoms with E-state index in [4.69, 9.17) is 27.2 Å². The summed E-state index contributed by atoms with van der Waals surface area (Å²) in [6.07, 6.45) is 3.53. The van der Waals surface area contributed by atoms with Gasteiger partial charge in [0.05, 0.1) is 16.5 Å². The summed E-state index contributed by atoms with van der Waals surface area (Å²) in [6.45, 7) is 0.856. The van der Waals surface area contributed by atoms with E-state index in [1.165, 1.54) is 17.4 Å². The smallest absolute Gasteiger partial charge is 0.407 e. The number of nitrogen functional groups attached to an aromatic ring is 1. The van der Waals surface area contributed by atoms with Crippen molar-refractivity contribution in [2.45, 2.75) is 18.9 Å². The Balaban J connectivity index is 1.49. The van der Waals surface area contributed by atoms with Crippen molar-refractivity contribution in [3.05, 3.63) is 53.9 Å². The summed E-state index contributed by atoms with van der Waals surface area (Å²) in [7, 11) is 0. The second-order valence-corrected chi connectivity index (χ2v) is 8.15. The summed E-state index contributed by atoms with van der Waals surface area (Å²) in [4.78, 5) is 25.6. The predicted molar refractivity (Wildman–Crippen MR) is 122 cm³/mol. The highest BCUT2D eigenvalue weighted by Crippen LogP contribution is 2.34. The highest BCUT2D eigenvalue weighted by Gasteiger charge is 2.28. The van der Waals surface area contributed by atoms with Gasteiger partial charge in [0.25, 0.3) is 0 Å². The maximum absolute atomic E-state index is 11.5. The van der Waals surface area contributed by atoms with Crippen LogP contribution in [0.5, 0.6) is 11.6 Å². The topological polar surface area (TPSA) is 132 Å². The number of ether oxygens (including phenoxy) is 1. The molecule has 1 aliphatic heterocycles. The van der Waals surface area contributed by atoms with E-state index in [2.05, 4.69) is 15.0 Å². The van der Waals surface area contributed by atoms with Crippen molar-refractivity contribution in [2.24, 2.45) is 0 Å². The number of amides is 1. The molecule has 0 saturated carbocycles. The Morgan fingerprint density at radius 2 is 1.97 bits per heavy atom. The molecule has 1 aliphatic rings. The summed E-state index contributed by atoms with van der Waals surface area (Å²) < 4.78 is 7.54. The van der Waals surface area contributed by atoms with Crippen LogP contribution in [0.1, 0.15) is 18.9 Å². The van der Waals surface area contributed by atoms with E-state index in [1.54, 1.807) is 16.8 Å². The van der Waals surface area contributed by atoms with Gasteiger partial charge in [-0.05, 0) is 43.2 Å². The highest BCUT2D eigenvalue weighted by molar-refractivity contribution is 6.30. The van der Waals surface area contributed by atoms with E-state index >= 15 is 0 Å². The van der Waals surface area contributed by atoms with E-state index in [0.717, 1.165) is 18.4 Å². The van der Waals surface area contributed by atoms with Crippen LogP contribution < -0.4 is 10.5 Å². The van der Waals surface area contributed by atoms with Gasteiger partial charge in [0, 0.05) is 30.9 Å². The number of fused-ring (bicyclic) bond motifs is 1. The lowest BCUT2D eigenvalue weighted by atomic mass is 10.1. The van der Waals surface area contributed by atoms with Crippen LogP contribution in [0.15, 0.2) is 48.9 Å². The van der Waals surface area contributed by atoms with Crippen LogP contribution in [0.25, 0.3) is 22.3 Å². The van der Waals surface area contributed by atoms with Gasteiger partial charge >= 0.3 is 6.09 Å². The molecule has 1 atom stereocenters. The van der Waals surface area contributed by atoms with E-state index in [1.807, 2.05) is 24.3 Å². The van der Waals surface area contributed by atoms with Crippen molar-refractivity contribution in [1.82, 2.24) is 29.6 Å². The Morgan fingerprint density at radius 1 is 1.15 bits per heavy atom. The Bertz CT molecular complexity index is 1310. The molecule has 4 aromatic rings. The number of benzene rings is 1. The summed E-state index contributed by atoms with van der Waals surface area (Å²) in [6, 6.07) is 10.6. The Hall–Kier alpha value is -3.92. The minimum absolute atomic E-state index is 0.140. The Kier molecular flexibility index (Phi) is 5.43. The second kappa shape index (κ2) is 8.55. The van der Waals surface area contributed by atoms with Crippen LogP contribution in [0, 0.1) is 0 Å². The maximum Gasteiger partial charge on any atom is 0.407 e. The first-order valence-electron chi connectivity index (χ1n) is 10.4. The van der Waals surface area contributed by atoms with Crippen LogP contribution in [-0.4, -0.2) is 53.9 Å². The van der Waals surface area contributed by atoms with Crippen molar-refractivity contribution in [1.29, 1.82) is 0 Å². The molecule has 1 saturated heterocycles. The third kappa shape index (κ3) is 4.12. The van der Waals surface area contributed by atoms with Gasteiger partial charge in [0.1, 0.15) is 23.6 Å². The number of hydrogen-bond donors (Lipinski definition) is 2. The van der Waals surface area contributed by atoms with Crippen LogP contribution >= 0.6 is 11.6 Å². The lowest BCUT2D eigenvalue weighted by Crippen LogP contribution is -2.40. The molecule has 5 rings (SSSR count). The number of nitrogens with zero attached hydrogens (tertiary/aromatic N) is 6. The average molecular weight is 466 g/mol. The first-order chi connectivity index (χ1) is 16.0. The molecule has 1 aromatic carbocycles. The fourth-order valence-electron chi connectivity index (χ4n) is 4.00. The minimum Gasteiger partial charge on any atom is -0.465 e. The molecule has 33 heavy (non-hydrogen) atoms. The van der Waals surface area contributed by atoms with Gasteiger partial charge in [-0.15, -0.1) is 0 Å². The molecule has 1 amide bonds. The van der Waals surface area contributed by atoms with Gasteiger partial charge in [-0.25, -0.2) is 24.4 Å². The normalized spacial score (nSPS) is 16.2. The molecule has 4 heterocycles. The Morgan fingerprint density at radius 3 is 2.70 bits per heavy atom. The zero-order valence-electron chi connectivity index (χ0n) is 17.4. The number of nitrogens with two attached hydrogens (primary N) is 1. The number of hydrogen-bond acceptors (Lipinski definition) is 7. The van der Waals surface area contributed by atoms with Gasteiger partial charge in [0.15, 0.2) is 5.65 Å². The number of pyridine rings is 1. The quantitative estimate of drug-likeness (QED) is 0.457. The minimum atomic E-state index is -0.934. The molecule has 0 aliphatic carbocycles. The molecule has 0 bridgehead atoms. The summed E-state index contributed by atoms with van der Waals surface area (Å²) in [5, 5.41) is 15.4. The van der Waals surface area contributed by atoms with Crippen molar-refractivity contribution in [3.63, 3.8) is 0 Å². The third-order valence-corrected chi connectivity index (χ3v) is 5.81. The number of piperidine rings is 1. The van der Waals surface area contributed by atoms with E-state index < -0.39 is 6.09 Å². The molecular formula is C22H20ClN7O3. The van der Waals surface area contributed by atoms with Crippen LogP contribution in [-0.2, 0) is 0 Å². The lowest BCUT2D eigenvalue weighted by molar-refractivity contribution is 0.120. The van der Waals surface area contributed by atoms with Crippen LogP contribution in [0.4, 0.5) is 10.6 Å². The maximum atomic E-state index is 11.5. The monoisotopic (exact) mass is 465 g/mol. The van der Waals surface area contributed by atoms with Crippen molar-refractivity contribution in [2.75, 3.05) is 18.8 Å². The van der Waals surface area contributed by atoms with Crippen molar-refractivity contribution >= 4 is 34.5 Å². The molecule has 11 heteroatoms. The van der Waals surface area contributed by atoms with Gasteiger partial charge in [-0.1, -0.05) is 11.6 Å². The molecule has 0 radical (unpaired) electrons. The lowest BCUT2D eigenvalue weighted by Gasteiger charge is -2.30. The molecule has 10 nitrogen and oxygen atoms in total. The molecule has 0 spiro atoms. The first kappa shape index (κ1) is 21.0. The van der Waals surface area contributed by atoms with Gasteiger partial charge < -0.3 is 20.5 Å². The van der Waals surface area contributed by atoms with E-state index in [-0.39, 0.29) is 6.04 Å².